The van der Waals surface area contributed by atoms with Gasteiger partial charge in [-0.05, 0) is 41.1 Å². The zero-order valence-corrected chi connectivity index (χ0v) is 11.7. The van der Waals surface area contributed by atoms with E-state index in [1.165, 1.54) is 0 Å². The van der Waals surface area contributed by atoms with Gasteiger partial charge < -0.3 is 5.32 Å². The van der Waals surface area contributed by atoms with Crippen LogP contribution in [0.4, 0.5) is 5.69 Å². The number of hydrogen-bond acceptors (Lipinski definition) is 3. The highest BCUT2D eigenvalue weighted by Crippen LogP contribution is 2.27. The predicted molar refractivity (Wildman–Crippen MR) is 73.3 cm³/mol. The van der Waals surface area contributed by atoms with E-state index in [0.29, 0.717) is 5.02 Å². The van der Waals surface area contributed by atoms with Crippen LogP contribution in [0.25, 0.3) is 0 Å². The maximum Gasteiger partial charge on any atom is 0.0795 e. The summed E-state index contributed by atoms with van der Waals surface area (Å²) in [5.41, 5.74) is 3.92. The quantitative estimate of drug-likeness (QED) is 0.885. The van der Waals surface area contributed by atoms with Gasteiger partial charge in [0.1, 0.15) is 0 Å². The molecule has 84 valence electrons. The minimum atomic E-state index is 0.194. The number of hydrogen-bond donors (Lipinski definition) is 1. The second-order valence-electron chi connectivity index (χ2n) is 3.41. The maximum absolute atomic E-state index is 5.93. The van der Waals surface area contributed by atoms with Gasteiger partial charge in [-0.25, -0.2) is 4.98 Å². The highest BCUT2D eigenvalue weighted by Gasteiger charge is 2.07. The molecule has 5 heteroatoms. The molecule has 0 amide bonds. The molecule has 0 saturated heterocycles. The first-order chi connectivity index (χ1) is 7.66. The van der Waals surface area contributed by atoms with Crippen molar-refractivity contribution in [2.45, 2.75) is 13.0 Å². The third-order valence-electron chi connectivity index (χ3n) is 2.20. The summed E-state index contributed by atoms with van der Waals surface area (Å²) in [5.74, 6) is 0. The van der Waals surface area contributed by atoms with Gasteiger partial charge in [-0.1, -0.05) is 11.6 Å². The number of halogens is 2. The van der Waals surface area contributed by atoms with E-state index in [-0.39, 0.29) is 6.04 Å². The monoisotopic (exact) mass is 316 g/mol. The Morgan fingerprint density at radius 1 is 1.50 bits per heavy atom. The molecule has 0 fully saturated rings. The highest BCUT2D eigenvalue weighted by atomic mass is 79.9. The molecule has 2 nitrogen and oxygen atoms in total. The molecule has 2 rings (SSSR count). The second-order valence-corrected chi connectivity index (χ2v) is 5.39. The summed E-state index contributed by atoms with van der Waals surface area (Å²) in [6.07, 6.45) is 0. The first-order valence-corrected chi connectivity index (χ1v) is 6.88. The summed E-state index contributed by atoms with van der Waals surface area (Å²) in [7, 11) is 0. The summed E-state index contributed by atoms with van der Waals surface area (Å²) in [6, 6.07) is 5.97. The molecule has 2 aromatic rings. The molecule has 0 aliphatic rings. The second kappa shape index (κ2) is 5.17. The average molecular weight is 318 g/mol. The normalized spacial score (nSPS) is 12.4. The molecular formula is C11H10BrClN2S. The standard InChI is InChI=1S/C11H10BrClN2S/c1-7(11-5-16-6-14-11)15-8-2-3-10(13)9(12)4-8/h2-7,15H,1H3. The molecule has 0 aliphatic carbocycles. The van der Waals surface area contributed by atoms with Crippen molar-refractivity contribution in [3.8, 4) is 0 Å². The molecule has 0 radical (unpaired) electrons. The minimum Gasteiger partial charge on any atom is -0.377 e. The Kier molecular flexibility index (Phi) is 3.84. The summed E-state index contributed by atoms with van der Waals surface area (Å²) in [6.45, 7) is 2.08. The number of rotatable bonds is 3. The van der Waals surface area contributed by atoms with Crippen LogP contribution in [0.2, 0.25) is 5.02 Å². The Hall–Kier alpha value is -0.580. The van der Waals surface area contributed by atoms with Gasteiger partial charge >= 0.3 is 0 Å². The molecule has 0 aliphatic heterocycles. The molecule has 16 heavy (non-hydrogen) atoms. The van der Waals surface area contributed by atoms with Crippen molar-refractivity contribution in [2.75, 3.05) is 5.32 Å². The van der Waals surface area contributed by atoms with Gasteiger partial charge in [-0.2, -0.15) is 0 Å². The molecule has 1 aromatic heterocycles. The fourth-order valence-electron chi connectivity index (χ4n) is 1.35. The van der Waals surface area contributed by atoms with Gasteiger partial charge in [0.15, 0.2) is 0 Å². The summed E-state index contributed by atoms with van der Waals surface area (Å²) in [4.78, 5) is 4.27. The molecule has 1 unspecified atom stereocenters. The first-order valence-electron chi connectivity index (χ1n) is 4.76. The van der Waals surface area contributed by atoms with E-state index in [0.717, 1.165) is 15.9 Å². The third-order valence-corrected chi connectivity index (χ3v) is 4.02. The zero-order valence-electron chi connectivity index (χ0n) is 8.58. The Morgan fingerprint density at radius 3 is 2.94 bits per heavy atom. The number of aromatic nitrogens is 1. The lowest BCUT2D eigenvalue weighted by molar-refractivity contribution is 0.850. The highest BCUT2D eigenvalue weighted by molar-refractivity contribution is 9.10. The maximum atomic E-state index is 5.93. The molecule has 0 saturated carbocycles. The number of nitrogens with zero attached hydrogens (tertiary/aromatic N) is 1. The number of anilines is 1. The van der Waals surface area contributed by atoms with Crippen LogP contribution in [0.5, 0.6) is 0 Å². The molecule has 1 N–H and O–H groups in total. The van der Waals surface area contributed by atoms with Crippen LogP contribution in [0.15, 0.2) is 33.6 Å². The molecule has 0 spiro atoms. The Balaban J connectivity index is 2.12. The van der Waals surface area contributed by atoms with E-state index in [9.17, 15) is 0 Å². The van der Waals surface area contributed by atoms with Crippen molar-refractivity contribution in [1.29, 1.82) is 0 Å². The van der Waals surface area contributed by atoms with Crippen molar-refractivity contribution < 1.29 is 0 Å². The van der Waals surface area contributed by atoms with Gasteiger partial charge in [-0.15, -0.1) is 11.3 Å². The topological polar surface area (TPSA) is 24.9 Å². The van der Waals surface area contributed by atoms with E-state index in [4.69, 9.17) is 11.6 Å². The van der Waals surface area contributed by atoms with Crippen LogP contribution in [0.3, 0.4) is 0 Å². The Bertz CT molecular complexity index is 473. The van der Waals surface area contributed by atoms with E-state index < -0.39 is 0 Å². The van der Waals surface area contributed by atoms with Crippen molar-refractivity contribution in [2.24, 2.45) is 0 Å². The average Bonchev–Trinajstić information content (AvgIpc) is 2.77. The molecular weight excluding hydrogens is 308 g/mol. The number of nitrogens with one attached hydrogen (secondary N) is 1. The fraction of sp³-hybridized carbons (Fsp3) is 0.182. The number of benzene rings is 1. The van der Waals surface area contributed by atoms with Gasteiger partial charge in [0.25, 0.3) is 0 Å². The smallest absolute Gasteiger partial charge is 0.0795 e. The van der Waals surface area contributed by atoms with Crippen LogP contribution in [0.1, 0.15) is 18.7 Å². The molecule has 1 heterocycles. The van der Waals surface area contributed by atoms with E-state index in [1.54, 1.807) is 11.3 Å². The van der Waals surface area contributed by atoms with E-state index in [2.05, 4.69) is 33.2 Å². The molecule has 1 aromatic carbocycles. The largest absolute Gasteiger partial charge is 0.377 e. The summed E-state index contributed by atoms with van der Waals surface area (Å²) >= 11 is 10.9. The van der Waals surface area contributed by atoms with Crippen LogP contribution in [-0.2, 0) is 0 Å². The Labute approximate surface area is 112 Å². The zero-order chi connectivity index (χ0) is 11.5. The van der Waals surface area contributed by atoms with Crippen molar-refractivity contribution in [3.63, 3.8) is 0 Å². The van der Waals surface area contributed by atoms with Crippen molar-refractivity contribution in [3.05, 3.63) is 44.3 Å². The fourth-order valence-corrected chi connectivity index (χ4v) is 2.49. The Morgan fingerprint density at radius 2 is 2.31 bits per heavy atom. The van der Waals surface area contributed by atoms with E-state index >= 15 is 0 Å². The summed E-state index contributed by atoms with van der Waals surface area (Å²) < 4.78 is 0.893. The van der Waals surface area contributed by atoms with Crippen LogP contribution < -0.4 is 5.32 Å². The lowest BCUT2D eigenvalue weighted by Crippen LogP contribution is -2.06. The van der Waals surface area contributed by atoms with Crippen LogP contribution in [0, 0.1) is 0 Å². The molecule has 0 bridgehead atoms. The SMILES string of the molecule is CC(Nc1ccc(Cl)c(Br)c1)c1cscn1. The third kappa shape index (κ3) is 2.75. The lowest BCUT2D eigenvalue weighted by atomic mass is 10.2. The lowest BCUT2D eigenvalue weighted by Gasteiger charge is -2.13. The van der Waals surface area contributed by atoms with Crippen LogP contribution >= 0.6 is 38.9 Å². The van der Waals surface area contributed by atoms with Gasteiger partial charge in [0.2, 0.25) is 0 Å². The molecule has 1 atom stereocenters. The van der Waals surface area contributed by atoms with Crippen LogP contribution in [-0.4, -0.2) is 4.98 Å². The van der Waals surface area contributed by atoms with Crippen molar-refractivity contribution in [1.82, 2.24) is 4.98 Å². The van der Waals surface area contributed by atoms with E-state index in [1.807, 2.05) is 29.1 Å². The predicted octanol–water partition coefficient (Wildman–Crippen LogP) is 4.73. The van der Waals surface area contributed by atoms with Crippen molar-refractivity contribution >= 4 is 44.6 Å². The summed E-state index contributed by atoms with van der Waals surface area (Å²) in [5, 5.41) is 6.13. The minimum absolute atomic E-state index is 0.194. The van der Waals surface area contributed by atoms with Gasteiger partial charge in [-0.3, -0.25) is 0 Å². The van der Waals surface area contributed by atoms with Gasteiger partial charge in [0, 0.05) is 15.5 Å². The first kappa shape index (κ1) is 11.9. The number of thiazole rings is 1. The van der Waals surface area contributed by atoms with Gasteiger partial charge in [0.05, 0.1) is 22.3 Å².